The molecule has 0 nitrogen and oxygen atoms in total. The van der Waals surface area contributed by atoms with Crippen molar-refractivity contribution in [1.82, 2.24) is 0 Å². The van der Waals surface area contributed by atoms with Crippen LogP contribution in [0.1, 0.15) is 39.0 Å². The fourth-order valence-corrected chi connectivity index (χ4v) is 3.16. The molecule has 0 bridgehead atoms. The van der Waals surface area contributed by atoms with Gasteiger partial charge in [-0.1, -0.05) is 38.7 Å². The first kappa shape index (κ1) is 10.6. The molecular formula is C10H17BrS. The average Bonchev–Trinajstić information content (AvgIpc) is 2.45. The fraction of sp³-hybridized carbons (Fsp3) is 0.800. The van der Waals surface area contributed by atoms with Crippen LogP contribution in [0.3, 0.4) is 0 Å². The Morgan fingerprint density at radius 1 is 1.50 bits per heavy atom. The van der Waals surface area contributed by atoms with Gasteiger partial charge in [0.05, 0.1) is 0 Å². The highest BCUT2D eigenvalue weighted by molar-refractivity contribution is 9.14. The third-order valence-electron chi connectivity index (χ3n) is 2.23. The Bertz CT molecular complexity index is 154. The Kier molecular flexibility index (Phi) is 5.40. The molecule has 1 unspecified atom stereocenters. The molecule has 0 spiro atoms. The molecule has 1 heterocycles. The van der Waals surface area contributed by atoms with E-state index in [0.717, 1.165) is 5.92 Å². The van der Waals surface area contributed by atoms with Gasteiger partial charge in [0.1, 0.15) is 0 Å². The summed E-state index contributed by atoms with van der Waals surface area (Å²) in [5, 5.41) is 0. The van der Waals surface area contributed by atoms with Gasteiger partial charge in [-0.25, -0.2) is 0 Å². The fourth-order valence-electron chi connectivity index (χ4n) is 1.47. The van der Waals surface area contributed by atoms with Crippen LogP contribution in [0.2, 0.25) is 0 Å². The molecule has 1 rings (SSSR count). The van der Waals surface area contributed by atoms with E-state index >= 15 is 0 Å². The average molecular weight is 249 g/mol. The summed E-state index contributed by atoms with van der Waals surface area (Å²) in [7, 11) is 0. The molecule has 0 fully saturated rings. The van der Waals surface area contributed by atoms with E-state index in [9.17, 15) is 0 Å². The molecule has 0 aliphatic carbocycles. The molecule has 1 aliphatic heterocycles. The minimum Gasteiger partial charge on any atom is -0.118 e. The number of rotatable bonds is 5. The lowest BCUT2D eigenvalue weighted by Gasteiger charge is -2.04. The summed E-state index contributed by atoms with van der Waals surface area (Å²) in [6.45, 7) is 2.27. The Morgan fingerprint density at radius 3 is 2.92 bits per heavy atom. The first-order valence-corrected chi connectivity index (χ1v) is 6.61. The summed E-state index contributed by atoms with van der Waals surface area (Å²) in [5.74, 6) is 2.15. The number of hydrogen-bond donors (Lipinski definition) is 0. The van der Waals surface area contributed by atoms with E-state index in [1.165, 1.54) is 41.7 Å². The molecule has 0 radical (unpaired) electrons. The van der Waals surface area contributed by atoms with E-state index in [1.807, 2.05) is 11.8 Å². The normalized spacial score (nSPS) is 22.8. The molecule has 0 aromatic rings. The van der Waals surface area contributed by atoms with E-state index in [0.29, 0.717) is 0 Å². The van der Waals surface area contributed by atoms with Crippen LogP contribution in [-0.2, 0) is 0 Å². The Hall–Kier alpha value is 0.570. The maximum atomic E-state index is 3.53. The molecule has 0 saturated heterocycles. The van der Waals surface area contributed by atoms with E-state index in [4.69, 9.17) is 0 Å². The second-order valence-electron chi connectivity index (χ2n) is 3.39. The highest BCUT2D eigenvalue weighted by Gasteiger charge is 2.13. The minimum absolute atomic E-state index is 0.848. The third-order valence-corrected chi connectivity index (χ3v) is 4.19. The van der Waals surface area contributed by atoms with Crippen molar-refractivity contribution in [2.24, 2.45) is 5.92 Å². The van der Waals surface area contributed by atoms with Crippen molar-refractivity contribution in [3.8, 4) is 0 Å². The van der Waals surface area contributed by atoms with Crippen molar-refractivity contribution in [3.63, 3.8) is 0 Å². The predicted octanol–water partition coefficient (Wildman–Crippen LogP) is 4.56. The molecule has 0 amide bonds. The van der Waals surface area contributed by atoms with Crippen LogP contribution in [0, 0.1) is 5.92 Å². The molecule has 0 aromatic heterocycles. The van der Waals surface area contributed by atoms with Gasteiger partial charge < -0.3 is 0 Å². The zero-order chi connectivity index (χ0) is 8.81. The monoisotopic (exact) mass is 248 g/mol. The van der Waals surface area contributed by atoms with Gasteiger partial charge in [0.15, 0.2) is 0 Å². The van der Waals surface area contributed by atoms with Crippen LogP contribution in [-0.4, -0.2) is 5.75 Å². The molecule has 2 heteroatoms. The quantitative estimate of drug-likeness (QED) is 0.644. The zero-order valence-corrected chi connectivity index (χ0v) is 10.1. The summed E-state index contributed by atoms with van der Waals surface area (Å²) in [6, 6.07) is 0. The van der Waals surface area contributed by atoms with Gasteiger partial charge >= 0.3 is 0 Å². The number of unbranched alkanes of at least 4 members (excludes halogenated alkanes) is 3. The van der Waals surface area contributed by atoms with Crippen molar-refractivity contribution >= 4 is 27.7 Å². The van der Waals surface area contributed by atoms with E-state index in [1.54, 1.807) is 0 Å². The molecule has 70 valence electrons. The lowest BCUT2D eigenvalue weighted by atomic mass is 10.0. The van der Waals surface area contributed by atoms with Crippen LogP contribution in [0.5, 0.6) is 0 Å². The number of thioether (sulfide) groups is 1. The Balaban J connectivity index is 2.01. The summed E-state index contributed by atoms with van der Waals surface area (Å²) in [5.41, 5.74) is 0. The summed E-state index contributed by atoms with van der Waals surface area (Å²) < 4.78 is 1.35. The van der Waals surface area contributed by atoms with Crippen molar-refractivity contribution in [1.29, 1.82) is 0 Å². The van der Waals surface area contributed by atoms with Gasteiger partial charge in [-0.3, -0.25) is 0 Å². The summed E-state index contributed by atoms with van der Waals surface area (Å²) in [6.07, 6.45) is 9.35. The molecule has 1 atom stereocenters. The molecule has 0 saturated carbocycles. The van der Waals surface area contributed by atoms with Gasteiger partial charge in [-0.15, -0.1) is 11.8 Å². The van der Waals surface area contributed by atoms with Gasteiger partial charge in [0.25, 0.3) is 0 Å². The third kappa shape index (κ3) is 3.99. The van der Waals surface area contributed by atoms with Crippen molar-refractivity contribution in [2.45, 2.75) is 39.0 Å². The lowest BCUT2D eigenvalue weighted by Crippen LogP contribution is -1.95. The highest BCUT2D eigenvalue weighted by Crippen LogP contribution is 2.35. The van der Waals surface area contributed by atoms with Gasteiger partial charge in [0.2, 0.25) is 0 Å². The SMILES string of the molecule is CCCCCCC1C=C(Br)SC1. The van der Waals surface area contributed by atoms with E-state index in [2.05, 4.69) is 28.9 Å². The van der Waals surface area contributed by atoms with Crippen LogP contribution >= 0.6 is 27.7 Å². The summed E-state index contributed by atoms with van der Waals surface area (Å²) in [4.78, 5) is 0. The number of hydrogen-bond acceptors (Lipinski definition) is 1. The molecule has 12 heavy (non-hydrogen) atoms. The van der Waals surface area contributed by atoms with Crippen LogP contribution < -0.4 is 0 Å². The predicted molar refractivity (Wildman–Crippen MR) is 61.7 cm³/mol. The summed E-state index contributed by atoms with van der Waals surface area (Å²) >= 11 is 5.47. The Labute approximate surface area is 88.3 Å². The standard InChI is InChI=1S/C10H17BrS/c1-2-3-4-5-6-9-7-10(11)12-8-9/h7,9H,2-6,8H2,1H3. The second-order valence-corrected chi connectivity index (χ2v) is 5.83. The first-order chi connectivity index (χ1) is 5.83. The lowest BCUT2D eigenvalue weighted by molar-refractivity contribution is 0.569. The molecule has 0 N–H and O–H groups in total. The number of halogens is 1. The van der Waals surface area contributed by atoms with Gasteiger partial charge in [-0.2, -0.15) is 0 Å². The first-order valence-electron chi connectivity index (χ1n) is 4.83. The molecule has 1 aliphatic rings. The maximum Gasteiger partial charge on any atom is 0.0466 e. The highest BCUT2D eigenvalue weighted by atomic mass is 79.9. The zero-order valence-electron chi connectivity index (χ0n) is 7.68. The van der Waals surface area contributed by atoms with Crippen molar-refractivity contribution in [3.05, 3.63) is 9.89 Å². The van der Waals surface area contributed by atoms with E-state index < -0.39 is 0 Å². The largest absolute Gasteiger partial charge is 0.118 e. The smallest absolute Gasteiger partial charge is 0.0466 e. The maximum absolute atomic E-state index is 3.53. The minimum atomic E-state index is 0.848. The van der Waals surface area contributed by atoms with Crippen LogP contribution in [0.4, 0.5) is 0 Å². The van der Waals surface area contributed by atoms with Gasteiger partial charge in [-0.05, 0) is 28.3 Å². The topological polar surface area (TPSA) is 0 Å². The van der Waals surface area contributed by atoms with Crippen molar-refractivity contribution in [2.75, 3.05) is 5.75 Å². The molecular weight excluding hydrogens is 232 g/mol. The molecule has 0 aromatic carbocycles. The van der Waals surface area contributed by atoms with Crippen molar-refractivity contribution < 1.29 is 0 Å². The van der Waals surface area contributed by atoms with Gasteiger partial charge in [0, 0.05) is 9.57 Å². The van der Waals surface area contributed by atoms with E-state index in [-0.39, 0.29) is 0 Å². The number of allylic oxidation sites excluding steroid dienone is 1. The second kappa shape index (κ2) is 6.09. The van der Waals surface area contributed by atoms with Crippen LogP contribution in [0.15, 0.2) is 9.89 Å². The Morgan fingerprint density at radius 2 is 2.33 bits per heavy atom. The van der Waals surface area contributed by atoms with Crippen LogP contribution in [0.25, 0.3) is 0 Å².